The minimum atomic E-state index is -2.64. The number of carbonyl (C=O) groups is 7. The molecule has 76 heavy (non-hydrogen) atoms. The molecule has 5 aliphatic heterocycles. The molecule has 0 aromatic carbocycles. The van der Waals surface area contributed by atoms with E-state index in [0.29, 0.717) is 56.9 Å². The van der Waals surface area contributed by atoms with Crippen molar-refractivity contribution >= 4 is 41.4 Å². The second kappa shape index (κ2) is 27.8. The summed E-state index contributed by atoms with van der Waals surface area (Å²) in [5.41, 5.74) is -1.18. The number of aliphatic hydroxyl groups excluding tert-OH is 2. The molecule has 2 saturated heterocycles. The smallest absolute Gasteiger partial charge is 0.429 e. The van der Waals surface area contributed by atoms with E-state index in [4.69, 9.17) is 33.2 Å². The number of hydrogen-bond acceptors (Lipinski definition) is 17. The summed E-state index contributed by atoms with van der Waals surface area (Å²) in [5, 5.41) is 36.6. The van der Waals surface area contributed by atoms with Gasteiger partial charge in [0.25, 0.3) is 11.7 Å². The fourth-order valence-electron chi connectivity index (χ4n) is 11.7. The number of hydrazine groups is 1. The number of aliphatic hydroxyl groups is 3. The maximum Gasteiger partial charge on any atom is 0.429 e. The molecule has 1 aliphatic carbocycles. The van der Waals surface area contributed by atoms with Crippen molar-refractivity contribution in [3.63, 3.8) is 0 Å². The summed E-state index contributed by atoms with van der Waals surface area (Å²) in [6, 6.07) is -2.14. The highest BCUT2D eigenvalue weighted by Gasteiger charge is 2.56. The first-order chi connectivity index (χ1) is 36.0. The standard InChI is InChI=1S/C56H87N3O17/c1-12-73-53(67)58-39-21-17-33(3)28-36(6)48(63)49(72-11)47(62)34(4)18-22-40(60)31-44(35(5)29-38-20-24-43(61)45(30-38)70-9)75-52(66)42-16-14-15-27-57(42)51(65)50(64)56(69)37(7)19-23-41(76-56)32-46(71-10)55(8,26-25-39)59(58)54(68)74-13-2/h17-18,21,25-26,33,35-39,41-47,49,61-62,69H,12-16,19-20,22-24,27-32H2,1-11H3/b21-17?,34-18+/t33-,35-,36-,37-,38+,39?,41+,42?,43-,44+,45-,46+,47-,49-,55?,56-/m1/s1. The number of esters is 1. The van der Waals surface area contributed by atoms with Crippen LogP contribution in [0.1, 0.15) is 139 Å². The first kappa shape index (κ1) is 62.3. The second-order valence-corrected chi connectivity index (χ2v) is 22.0. The molecular weight excluding hydrogens is 987 g/mol. The lowest BCUT2D eigenvalue weighted by atomic mass is 9.78. The number of hydrogen-bond donors (Lipinski definition) is 3. The van der Waals surface area contributed by atoms with Gasteiger partial charge in [-0.05, 0) is 115 Å². The largest absolute Gasteiger partial charge is 0.460 e. The van der Waals surface area contributed by atoms with Crippen LogP contribution in [0.25, 0.3) is 0 Å². The minimum absolute atomic E-state index is 0.00251. The molecule has 3 amide bonds. The molecule has 20 nitrogen and oxygen atoms in total. The Kier molecular flexibility index (Phi) is 22.8. The Morgan fingerprint density at radius 1 is 0.855 bits per heavy atom. The summed E-state index contributed by atoms with van der Waals surface area (Å²) >= 11 is 0. The van der Waals surface area contributed by atoms with Crippen LogP contribution in [-0.4, -0.2) is 179 Å². The Morgan fingerprint density at radius 2 is 1.55 bits per heavy atom. The number of ketones is 3. The van der Waals surface area contributed by atoms with Gasteiger partial charge >= 0.3 is 18.2 Å². The van der Waals surface area contributed by atoms with Gasteiger partial charge in [0.2, 0.25) is 5.79 Å². The number of nitrogens with zero attached hydrogens (tertiary/aromatic N) is 3. The molecule has 0 aromatic rings. The zero-order valence-electron chi connectivity index (χ0n) is 46.7. The number of rotatable bonds is 8. The number of Topliss-reactive ketones (excluding diaryl/α,β-unsaturated/α-hetero) is 3. The summed E-state index contributed by atoms with van der Waals surface area (Å²) in [5.74, 6) is -8.65. The highest BCUT2D eigenvalue weighted by Crippen LogP contribution is 2.41. The molecule has 3 unspecified atom stereocenters. The highest BCUT2D eigenvalue weighted by molar-refractivity contribution is 6.39. The third-order valence-electron chi connectivity index (χ3n) is 16.4. The first-order valence-corrected chi connectivity index (χ1v) is 27.4. The van der Waals surface area contributed by atoms with Crippen molar-refractivity contribution in [3.05, 3.63) is 36.0 Å². The highest BCUT2D eigenvalue weighted by atomic mass is 16.6. The van der Waals surface area contributed by atoms with Crippen LogP contribution in [0.15, 0.2) is 36.0 Å². The van der Waals surface area contributed by atoms with Crippen molar-refractivity contribution in [2.45, 2.75) is 205 Å². The molecule has 6 aliphatic rings. The molecule has 0 radical (unpaired) electrons. The average molecular weight is 1070 g/mol. The monoisotopic (exact) mass is 1070 g/mol. The Morgan fingerprint density at radius 3 is 2.21 bits per heavy atom. The molecule has 0 aromatic heterocycles. The second-order valence-electron chi connectivity index (χ2n) is 22.0. The van der Waals surface area contributed by atoms with Crippen LogP contribution in [-0.2, 0) is 57.1 Å². The van der Waals surface area contributed by atoms with Crippen LogP contribution in [0, 0.1) is 29.6 Å². The van der Waals surface area contributed by atoms with Gasteiger partial charge in [-0.3, -0.25) is 19.2 Å². The average Bonchev–Trinajstić information content (AvgIpc) is 3.39. The molecule has 1 saturated carbocycles. The van der Waals surface area contributed by atoms with Crippen LogP contribution in [0.5, 0.6) is 0 Å². The molecule has 428 valence electrons. The number of allylic oxidation sites excluding steroid dienone is 2. The van der Waals surface area contributed by atoms with Crippen LogP contribution < -0.4 is 0 Å². The summed E-state index contributed by atoms with van der Waals surface area (Å²) in [6.45, 7) is 13.5. The van der Waals surface area contributed by atoms with Gasteiger partial charge in [0.05, 0.1) is 43.7 Å². The van der Waals surface area contributed by atoms with Crippen molar-refractivity contribution < 1.29 is 82.0 Å². The van der Waals surface area contributed by atoms with Crippen molar-refractivity contribution in [1.29, 1.82) is 0 Å². The van der Waals surface area contributed by atoms with Crippen molar-refractivity contribution in [1.82, 2.24) is 14.9 Å². The fourth-order valence-corrected chi connectivity index (χ4v) is 11.7. The molecule has 3 fully saturated rings. The van der Waals surface area contributed by atoms with E-state index in [1.807, 2.05) is 13.8 Å². The Labute approximate surface area is 448 Å². The van der Waals surface area contributed by atoms with Gasteiger partial charge < -0.3 is 53.4 Å². The van der Waals surface area contributed by atoms with E-state index in [1.165, 1.54) is 20.3 Å². The minimum Gasteiger partial charge on any atom is -0.460 e. The lowest BCUT2D eigenvalue weighted by molar-refractivity contribution is -0.268. The number of fused-ring (bicyclic) bond motifs is 16. The van der Waals surface area contributed by atoms with Gasteiger partial charge in [-0.1, -0.05) is 58.1 Å². The number of ether oxygens (including phenoxy) is 7. The number of methoxy groups -OCH3 is 3. The molecule has 3 N–H and O–H groups in total. The van der Waals surface area contributed by atoms with Crippen molar-refractivity contribution in [3.8, 4) is 0 Å². The van der Waals surface area contributed by atoms with Gasteiger partial charge in [0.15, 0.2) is 5.78 Å². The van der Waals surface area contributed by atoms with E-state index in [2.05, 4.69) is 0 Å². The van der Waals surface area contributed by atoms with Crippen LogP contribution in [0.3, 0.4) is 0 Å². The SMILES string of the molecule is CCOC(=O)N1C2C=C[C@@H](C)C[C@@H](C)C(=O)[C@H](OC)[C@H](O)/C(C)=C/CC(=O)C[C@@H]([C@H](C)C[C@@H]3CC[C@@H](O)[C@H](OC)C3)OC(=O)C3CCCCN3C(=O)C(=O)[C@]3(O)O[C@@H](CC[C@H]3C)C[C@H](OC)C(C)(C=C2)N1C(=O)OCC. The van der Waals surface area contributed by atoms with Crippen LogP contribution in [0.4, 0.5) is 9.59 Å². The van der Waals surface area contributed by atoms with E-state index in [0.717, 1.165) is 14.9 Å². The van der Waals surface area contributed by atoms with E-state index >= 15 is 0 Å². The normalized spacial score (nSPS) is 37.2. The number of carbonyl (C=O) groups excluding carboxylic acids is 7. The maximum absolute atomic E-state index is 14.6. The van der Waals surface area contributed by atoms with Crippen molar-refractivity contribution in [2.24, 2.45) is 29.6 Å². The molecule has 0 spiro atoms. The maximum atomic E-state index is 14.6. The lowest BCUT2D eigenvalue weighted by Gasteiger charge is -2.52. The zero-order chi connectivity index (χ0) is 56.2. The topological polar surface area (TPSA) is 255 Å². The summed E-state index contributed by atoms with van der Waals surface area (Å²) in [6.07, 6.45) is 3.88. The van der Waals surface area contributed by atoms with Gasteiger partial charge in [-0.25, -0.2) is 24.4 Å². The Bertz CT molecular complexity index is 2130. The molecule has 20 heteroatoms. The van der Waals surface area contributed by atoms with Crippen LogP contribution >= 0.6 is 0 Å². The third-order valence-corrected chi connectivity index (χ3v) is 16.4. The molecule has 6 rings (SSSR count). The summed E-state index contributed by atoms with van der Waals surface area (Å²) in [7, 11) is 4.28. The van der Waals surface area contributed by atoms with Gasteiger partial charge in [-0.2, -0.15) is 0 Å². The fraction of sp³-hybridized carbons (Fsp3) is 0.768. The summed E-state index contributed by atoms with van der Waals surface area (Å²) in [4.78, 5) is 101. The summed E-state index contributed by atoms with van der Waals surface area (Å²) < 4.78 is 40.9. The Balaban J connectivity index is 1.56. The van der Waals surface area contributed by atoms with Gasteiger partial charge in [0.1, 0.15) is 35.7 Å². The van der Waals surface area contributed by atoms with Crippen LogP contribution in [0.2, 0.25) is 0 Å². The van der Waals surface area contributed by atoms with E-state index in [1.54, 1.807) is 73.0 Å². The van der Waals surface area contributed by atoms with Gasteiger partial charge in [0, 0.05) is 59.0 Å². The number of amides is 3. The van der Waals surface area contributed by atoms with E-state index < -0.39 is 102 Å². The molecule has 4 bridgehead atoms. The molecular formula is C56H87N3O17. The van der Waals surface area contributed by atoms with Crippen molar-refractivity contribution in [2.75, 3.05) is 41.1 Å². The first-order valence-electron chi connectivity index (χ1n) is 27.4. The van der Waals surface area contributed by atoms with Gasteiger partial charge in [-0.15, -0.1) is 0 Å². The van der Waals surface area contributed by atoms with E-state index in [-0.39, 0.29) is 87.3 Å². The predicted molar refractivity (Wildman–Crippen MR) is 277 cm³/mol. The zero-order valence-corrected chi connectivity index (χ0v) is 46.7. The Hall–Kier alpha value is -4.57. The number of piperidine rings is 1. The molecule has 5 heterocycles. The quantitative estimate of drug-likeness (QED) is 0.110. The lowest BCUT2D eigenvalue weighted by Crippen LogP contribution is -2.69. The van der Waals surface area contributed by atoms with E-state index in [9.17, 15) is 48.9 Å². The predicted octanol–water partition coefficient (Wildman–Crippen LogP) is 5.96. The third kappa shape index (κ3) is 14.6. The molecule has 16 atom stereocenters.